The molecule has 0 fully saturated rings. The Bertz CT molecular complexity index is 1040. The molecular weight excluding hydrogens is 416 g/mol. The van der Waals surface area contributed by atoms with Crippen LogP contribution in [0.5, 0.6) is 11.5 Å². The summed E-state index contributed by atoms with van der Waals surface area (Å²) in [6.45, 7) is 4.20. The fraction of sp³-hybridized carbons (Fsp3) is 0.435. The van der Waals surface area contributed by atoms with Crippen LogP contribution < -0.4 is 19.1 Å². The number of methoxy groups -OCH3 is 1. The lowest BCUT2D eigenvalue weighted by Crippen LogP contribution is -2.41. The van der Waals surface area contributed by atoms with E-state index >= 15 is 0 Å². The van der Waals surface area contributed by atoms with Gasteiger partial charge in [0, 0.05) is 31.0 Å². The summed E-state index contributed by atoms with van der Waals surface area (Å²) in [5.41, 5.74) is 1.10. The molecule has 3 rings (SSSR count). The molecule has 0 spiro atoms. The van der Waals surface area contributed by atoms with Crippen molar-refractivity contribution in [3.05, 3.63) is 54.1 Å². The molecule has 1 atom stereocenters. The fourth-order valence-electron chi connectivity index (χ4n) is 3.83. The summed E-state index contributed by atoms with van der Waals surface area (Å²) in [6.07, 6.45) is 2.43. The summed E-state index contributed by atoms with van der Waals surface area (Å²) in [6, 6.07) is 14.4. The second-order valence-corrected chi connectivity index (χ2v) is 10.3. The van der Waals surface area contributed by atoms with Crippen LogP contribution in [0.2, 0.25) is 0 Å². The number of benzene rings is 2. The van der Waals surface area contributed by atoms with E-state index in [9.17, 15) is 13.2 Å². The number of sulfonamides is 1. The number of nitrogens with one attached hydrogen (secondary N) is 1. The first-order valence-electron chi connectivity index (χ1n) is 10.3. The number of fused-ring (bicyclic) bond motifs is 1. The Morgan fingerprint density at radius 2 is 1.97 bits per heavy atom. The maximum absolute atomic E-state index is 12.7. The average molecular weight is 447 g/mol. The summed E-state index contributed by atoms with van der Waals surface area (Å²) in [5, 5.41) is 3.09. The van der Waals surface area contributed by atoms with Crippen LogP contribution in [0, 0.1) is 0 Å². The average Bonchev–Trinajstić information content (AvgIpc) is 2.69. The van der Waals surface area contributed by atoms with Crippen molar-refractivity contribution in [1.82, 2.24) is 5.32 Å². The van der Waals surface area contributed by atoms with E-state index in [1.807, 2.05) is 38.1 Å². The molecule has 0 saturated carbocycles. The van der Waals surface area contributed by atoms with Crippen LogP contribution in [0.4, 0.5) is 5.69 Å². The molecule has 2 aromatic carbocycles. The van der Waals surface area contributed by atoms with Gasteiger partial charge in [0.15, 0.2) is 0 Å². The van der Waals surface area contributed by atoms with E-state index in [-0.39, 0.29) is 30.5 Å². The highest BCUT2D eigenvalue weighted by Crippen LogP contribution is 2.39. The summed E-state index contributed by atoms with van der Waals surface area (Å²) in [7, 11) is -1.96. The Labute approximate surface area is 184 Å². The number of hydrogen-bond acceptors (Lipinski definition) is 5. The minimum atomic E-state index is -3.49. The van der Waals surface area contributed by atoms with Crippen molar-refractivity contribution >= 4 is 21.6 Å². The highest BCUT2D eigenvalue weighted by atomic mass is 32.2. The maximum Gasteiger partial charge on any atom is 0.232 e. The quantitative estimate of drug-likeness (QED) is 0.669. The summed E-state index contributed by atoms with van der Waals surface area (Å²) >= 11 is 0. The highest BCUT2D eigenvalue weighted by molar-refractivity contribution is 7.92. The number of rotatable bonds is 8. The Morgan fingerprint density at radius 1 is 1.23 bits per heavy atom. The minimum absolute atomic E-state index is 0.114. The summed E-state index contributed by atoms with van der Waals surface area (Å²) < 4.78 is 37.1. The number of carbonyl (C=O) groups is 1. The zero-order valence-corrected chi connectivity index (χ0v) is 19.2. The second-order valence-electron chi connectivity index (χ2n) is 8.36. The predicted molar refractivity (Wildman–Crippen MR) is 121 cm³/mol. The van der Waals surface area contributed by atoms with Crippen molar-refractivity contribution in [2.24, 2.45) is 0 Å². The summed E-state index contributed by atoms with van der Waals surface area (Å²) in [5.74, 6) is 1.24. The highest BCUT2D eigenvalue weighted by Gasteiger charge is 2.34. The molecule has 0 bridgehead atoms. The van der Waals surface area contributed by atoms with Gasteiger partial charge in [-0.1, -0.05) is 24.3 Å². The van der Waals surface area contributed by atoms with Gasteiger partial charge >= 0.3 is 0 Å². The monoisotopic (exact) mass is 446 g/mol. The molecule has 0 aliphatic carbocycles. The van der Waals surface area contributed by atoms with Crippen molar-refractivity contribution in [3.63, 3.8) is 0 Å². The Kier molecular flexibility index (Phi) is 6.79. The molecule has 1 aliphatic heterocycles. The molecule has 0 aromatic heterocycles. The van der Waals surface area contributed by atoms with Crippen LogP contribution in [0.15, 0.2) is 48.5 Å². The molecule has 0 radical (unpaired) electrons. The van der Waals surface area contributed by atoms with Crippen LogP contribution in [-0.4, -0.2) is 39.8 Å². The molecule has 31 heavy (non-hydrogen) atoms. The van der Waals surface area contributed by atoms with E-state index in [0.29, 0.717) is 24.3 Å². The first-order chi connectivity index (χ1) is 14.6. The van der Waals surface area contributed by atoms with Crippen molar-refractivity contribution in [2.45, 2.75) is 44.8 Å². The van der Waals surface area contributed by atoms with Gasteiger partial charge in [0.05, 0.1) is 25.1 Å². The van der Waals surface area contributed by atoms with E-state index < -0.39 is 10.0 Å². The molecule has 0 unspecified atom stereocenters. The van der Waals surface area contributed by atoms with Gasteiger partial charge in [-0.05, 0) is 38.5 Å². The van der Waals surface area contributed by atoms with Gasteiger partial charge in [0.2, 0.25) is 15.9 Å². The van der Waals surface area contributed by atoms with E-state index in [2.05, 4.69) is 5.32 Å². The number of hydrogen-bond donors (Lipinski definition) is 1. The van der Waals surface area contributed by atoms with Crippen LogP contribution >= 0.6 is 0 Å². The third-order valence-corrected chi connectivity index (χ3v) is 6.41. The second kappa shape index (κ2) is 9.18. The number of anilines is 1. The third-order valence-electron chi connectivity index (χ3n) is 5.22. The van der Waals surface area contributed by atoms with Gasteiger partial charge in [0.1, 0.15) is 17.1 Å². The Morgan fingerprint density at radius 3 is 2.68 bits per heavy atom. The Balaban J connectivity index is 1.63. The molecule has 0 saturated heterocycles. The zero-order chi connectivity index (χ0) is 22.6. The first kappa shape index (κ1) is 22.9. The largest absolute Gasteiger partial charge is 0.497 e. The van der Waals surface area contributed by atoms with E-state index in [1.54, 1.807) is 24.3 Å². The number of nitrogens with zero attached hydrogens (tertiary/aromatic N) is 1. The third kappa shape index (κ3) is 5.91. The molecule has 7 nitrogen and oxygen atoms in total. The lowest BCUT2D eigenvalue weighted by molar-refractivity contribution is -0.122. The van der Waals surface area contributed by atoms with Gasteiger partial charge in [-0.2, -0.15) is 0 Å². The SMILES string of the molecule is COc1cccc(N(CCCC(=O)N[C@H]2CC(C)(C)Oc3ccccc32)S(C)(=O)=O)c1. The van der Waals surface area contributed by atoms with Gasteiger partial charge in [-0.3, -0.25) is 9.10 Å². The fourth-order valence-corrected chi connectivity index (χ4v) is 4.79. The summed E-state index contributed by atoms with van der Waals surface area (Å²) in [4.78, 5) is 12.7. The lowest BCUT2D eigenvalue weighted by atomic mass is 9.89. The van der Waals surface area contributed by atoms with Gasteiger partial charge < -0.3 is 14.8 Å². The molecule has 1 N–H and O–H groups in total. The number of carbonyl (C=O) groups excluding carboxylic acids is 1. The standard InChI is InChI=1S/C23H30N2O5S/c1-23(2)16-20(19-11-5-6-12-21(19)30-23)24-22(26)13-8-14-25(31(4,27)28)17-9-7-10-18(15-17)29-3/h5-7,9-12,15,20H,8,13-14,16H2,1-4H3,(H,24,26)/t20-/m0/s1. The van der Waals surface area contributed by atoms with Crippen molar-refractivity contribution < 1.29 is 22.7 Å². The molecule has 1 heterocycles. The minimum Gasteiger partial charge on any atom is -0.497 e. The van der Waals surface area contributed by atoms with Crippen LogP contribution in [0.1, 0.15) is 44.7 Å². The van der Waals surface area contributed by atoms with Crippen LogP contribution in [0.3, 0.4) is 0 Å². The number of ether oxygens (including phenoxy) is 2. The van der Waals surface area contributed by atoms with Crippen LogP contribution in [0.25, 0.3) is 0 Å². The molecular formula is C23H30N2O5S. The molecule has 8 heteroatoms. The molecule has 1 aliphatic rings. The Hall–Kier alpha value is -2.74. The lowest BCUT2D eigenvalue weighted by Gasteiger charge is -2.37. The molecule has 168 valence electrons. The van der Waals surface area contributed by atoms with Gasteiger partial charge in [0.25, 0.3) is 0 Å². The van der Waals surface area contributed by atoms with Crippen molar-refractivity contribution in [1.29, 1.82) is 0 Å². The maximum atomic E-state index is 12.7. The normalized spacial score (nSPS) is 17.2. The first-order valence-corrected chi connectivity index (χ1v) is 12.1. The van der Waals surface area contributed by atoms with E-state index in [0.717, 1.165) is 17.6 Å². The zero-order valence-electron chi connectivity index (χ0n) is 18.4. The van der Waals surface area contributed by atoms with Crippen molar-refractivity contribution in [3.8, 4) is 11.5 Å². The topological polar surface area (TPSA) is 84.9 Å². The van der Waals surface area contributed by atoms with E-state index in [4.69, 9.17) is 9.47 Å². The molecule has 1 amide bonds. The number of amides is 1. The predicted octanol–water partition coefficient (Wildman–Crippen LogP) is 3.66. The number of para-hydroxylation sites is 1. The van der Waals surface area contributed by atoms with Crippen LogP contribution in [-0.2, 0) is 14.8 Å². The van der Waals surface area contributed by atoms with Gasteiger partial charge in [-0.25, -0.2) is 8.42 Å². The van der Waals surface area contributed by atoms with Crippen molar-refractivity contribution in [2.75, 3.05) is 24.2 Å². The molecule has 2 aromatic rings. The smallest absolute Gasteiger partial charge is 0.232 e. The van der Waals surface area contributed by atoms with Gasteiger partial charge in [-0.15, -0.1) is 0 Å². The van der Waals surface area contributed by atoms with E-state index in [1.165, 1.54) is 11.4 Å².